The van der Waals surface area contributed by atoms with Crippen molar-refractivity contribution in [2.75, 3.05) is 19.8 Å². The lowest BCUT2D eigenvalue weighted by atomic mass is 10.0. The fourth-order valence-electron chi connectivity index (χ4n) is 2.20. The highest BCUT2D eigenvalue weighted by Crippen LogP contribution is 2.22. The van der Waals surface area contributed by atoms with E-state index in [1.165, 1.54) is 4.90 Å². The second-order valence-corrected chi connectivity index (χ2v) is 6.52. The Bertz CT molecular complexity index is 568. The summed E-state index contributed by atoms with van der Waals surface area (Å²) in [4.78, 5) is 26.4. The highest BCUT2D eigenvalue weighted by atomic mass is 35.5. The predicted molar refractivity (Wildman–Crippen MR) is 83.3 cm³/mol. The zero-order valence-electron chi connectivity index (χ0n) is 13.0. The van der Waals surface area contributed by atoms with E-state index in [2.05, 4.69) is 0 Å². The van der Waals surface area contributed by atoms with Gasteiger partial charge in [0.05, 0.1) is 18.2 Å². The van der Waals surface area contributed by atoms with Gasteiger partial charge in [-0.3, -0.25) is 9.69 Å². The average Bonchev–Trinajstić information content (AvgIpc) is 2.45. The second-order valence-electron chi connectivity index (χ2n) is 6.11. The van der Waals surface area contributed by atoms with Gasteiger partial charge in [-0.25, -0.2) is 4.79 Å². The summed E-state index contributed by atoms with van der Waals surface area (Å²) in [6, 6.07) is 6.06. The zero-order chi connectivity index (χ0) is 16.3. The van der Waals surface area contributed by atoms with Crippen molar-refractivity contribution >= 4 is 23.5 Å². The first-order valence-electron chi connectivity index (χ1n) is 7.16. The lowest BCUT2D eigenvalue weighted by molar-refractivity contribution is -0.0265. The highest BCUT2D eigenvalue weighted by Gasteiger charge is 2.36. The molecular formula is C16H20ClNO4. The van der Waals surface area contributed by atoms with E-state index in [9.17, 15) is 9.59 Å². The van der Waals surface area contributed by atoms with Crippen molar-refractivity contribution in [2.45, 2.75) is 32.4 Å². The monoisotopic (exact) mass is 325 g/mol. The Hall–Kier alpha value is -1.59. The molecule has 1 aromatic carbocycles. The molecule has 2 rings (SSSR count). The first-order valence-corrected chi connectivity index (χ1v) is 7.53. The first kappa shape index (κ1) is 16.8. The number of morpholine rings is 1. The number of carbonyl (C=O) groups is 2. The average molecular weight is 326 g/mol. The number of halogens is 1. The first-order chi connectivity index (χ1) is 10.3. The smallest absolute Gasteiger partial charge is 0.411 e. The minimum absolute atomic E-state index is 0.142. The van der Waals surface area contributed by atoms with Crippen LogP contribution in [0.4, 0.5) is 4.79 Å². The third-order valence-electron chi connectivity index (χ3n) is 3.20. The molecule has 0 bridgehead atoms. The number of ether oxygens (including phenoxy) is 2. The molecule has 0 saturated carbocycles. The van der Waals surface area contributed by atoms with Crippen LogP contribution < -0.4 is 0 Å². The molecule has 1 fully saturated rings. The highest BCUT2D eigenvalue weighted by molar-refractivity contribution is 6.34. The van der Waals surface area contributed by atoms with Crippen LogP contribution in [0.5, 0.6) is 0 Å². The molecule has 1 unspecified atom stereocenters. The van der Waals surface area contributed by atoms with E-state index in [1.54, 1.807) is 45.0 Å². The molecule has 1 aliphatic heterocycles. The number of benzene rings is 1. The summed E-state index contributed by atoms with van der Waals surface area (Å²) in [7, 11) is 0. The van der Waals surface area contributed by atoms with Gasteiger partial charge < -0.3 is 9.47 Å². The largest absolute Gasteiger partial charge is 0.444 e. The summed E-state index contributed by atoms with van der Waals surface area (Å²) in [6.07, 6.45) is -0.513. The van der Waals surface area contributed by atoms with Crippen molar-refractivity contribution in [1.82, 2.24) is 4.90 Å². The number of Topliss-reactive ketones (excluding diaryl/α,β-unsaturated/α-hetero) is 1. The Balaban J connectivity index is 2.21. The number of hydrogen-bond acceptors (Lipinski definition) is 4. The summed E-state index contributed by atoms with van der Waals surface area (Å²) in [6.45, 7) is 6.20. The molecule has 0 radical (unpaired) electrons. The van der Waals surface area contributed by atoms with Crippen LogP contribution >= 0.6 is 11.6 Å². The molecule has 1 heterocycles. The van der Waals surface area contributed by atoms with Crippen molar-refractivity contribution in [1.29, 1.82) is 0 Å². The number of hydrogen-bond donors (Lipinski definition) is 0. The van der Waals surface area contributed by atoms with E-state index in [-0.39, 0.29) is 12.4 Å². The SMILES string of the molecule is CC(C)(C)OC(=O)N1CCOCC1C(=O)c1ccccc1Cl. The normalized spacial score (nSPS) is 18.9. The number of carbonyl (C=O) groups excluding carboxylic acids is 2. The molecule has 120 valence electrons. The van der Waals surface area contributed by atoms with Gasteiger partial charge in [-0.1, -0.05) is 23.7 Å². The number of rotatable bonds is 2. The van der Waals surface area contributed by atoms with Gasteiger partial charge in [0.2, 0.25) is 0 Å². The van der Waals surface area contributed by atoms with Gasteiger partial charge in [-0.15, -0.1) is 0 Å². The van der Waals surface area contributed by atoms with Crippen LogP contribution in [0.1, 0.15) is 31.1 Å². The molecule has 1 amide bonds. The summed E-state index contributed by atoms with van der Waals surface area (Å²) >= 11 is 6.08. The Morgan fingerprint density at radius 3 is 2.64 bits per heavy atom. The lowest BCUT2D eigenvalue weighted by Crippen LogP contribution is -2.53. The van der Waals surface area contributed by atoms with Crippen LogP contribution in [0.2, 0.25) is 5.02 Å². The van der Waals surface area contributed by atoms with Crippen LogP contribution in [0.25, 0.3) is 0 Å². The fraction of sp³-hybridized carbons (Fsp3) is 0.500. The number of ketones is 1. The van der Waals surface area contributed by atoms with Crippen LogP contribution in [0.3, 0.4) is 0 Å². The molecule has 1 aromatic rings. The molecule has 5 nitrogen and oxygen atoms in total. The molecule has 6 heteroatoms. The van der Waals surface area contributed by atoms with Gasteiger partial charge in [-0.05, 0) is 32.9 Å². The maximum Gasteiger partial charge on any atom is 0.411 e. The summed E-state index contributed by atoms with van der Waals surface area (Å²) in [5, 5.41) is 0.363. The molecule has 1 saturated heterocycles. The third kappa shape index (κ3) is 3.99. The minimum atomic E-state index is -0.719. The zero-order valence-corrected chi connectivity index (χ0v) is 13.7. The lowest BCUT2D eigenvalue weighted by Gasteiger charge is -2.35. The number of amides is 1. The van der Waals surface area contributed by atoms with Gasteiger partial charge in [-0.2, -0.15) is 0 Å². The maximum absolute atomic E-state index is 12.7. The molecular weight excluding hydrogens is 306 g/mol. The molecule has 0 spiro atoms. The van der Waals surface area contributed by atoms with E-state index in [1.807, 2.05) is 0 Å². The molecule has 0 aromatic heterocycles. The predicted octanol–water partition coefficient (Wildman–Crippen LogP) is 3.16. The summed E-state index contributed by atoms with van der Waals surface area (Å²) in [5.74, 6) is -0.240. The Labute approximate surface area is 135 Å². The Kier molecular flexibility index (Phi) is 5.08. The van der Waals surface area contributed by atoms with E-state index >= 15 is 0 Å². The van der Waals surface area contributed by atoms with Gasteiger partial charge in [0, 0.05) is 12.1 Å². The molecule has 1 atom stereocenters. The van der Waals surface area contributed by atoms with Crippen molar-refractivity contribution < 1.29 is 19.1 Å². The van der Waals surface area contributed by atoms with Gasteiger partial charge >= 0.3 is 6.09 Å². The van der Waals surface area contributed by atoms with Crippen LogP contribution in [0.15, 0.2) is 24.3 Å². The van der Waals surface area contributed by atoms with Gasteiger partial charge in [0.1, 0.15) is 11.6 Å². The quantitative estimate of drug-likeness (QED) is 0.784. The minimum Gasteiger partial charge on any atom is -0.444 e. The molecule has 1 aliphatic rings. The van der Waals surface area contributed by atoms with Crippen molar-refractivity contribution in [2.24, 2.45) is 0 Å². The Morgan fingerprint density at radius 2 is 2.00 bits per heavy atom. The summed E-state index contributed by atoms with van der Waals surface area (Å²) in [5.41, 5.74) is -0.235. The fourth-order valence-corrected chi connectivity index (χ4v) is 2.43. The standard InChI is InChI=1S/C16H20ClNO4/c1-16(2,3)22-15(20)18-8-9-21-10-13(18)14(19)11-6-4-5-7-12(11)17/h4-7,13H,8-10H2,1-3H3. The van der Waals surface area contributed by atoms with Crippen LogP contribution in [0, 0.1) is 0 Å². The molecule has 22 heavy (non-hydrogen) atoms. The van der Waals surface area contributed by atoms with E-state index in [0.717, 1.165) is 0 Å². The van der Waals surface area contributed by atoms with Crippen LogP contribution in [-0.2, 0) is 9.47 Å². The van der Waals surface area contributed by atoms with Crippen molar-refractivity contribution in [3.63, 3.8) is 0 Å². The van der Waals surface area contributed by atoms with E-state index < -0.39 is 17.7 Å². The molecule has 0 aliphatic carbocycles. The topological polar surface area (TPSA) is 55.8 Å². The van der Waals surface area contributed by atoms with Crippen LogP contribution in [-0.4, -0.2) is 48.2 Å². The maximum atomic E-state index is 12.7. The van der Waals surface area contributed by atoms with E-state index in [4.69, 9.17) is 21.1 Å². The third-order valence-corrected chi connectivity index (χ3v) is 3.53. The summed E-state index contributed by atoms with van der Waals surface area (Å²) < 4.78 is 10.7. The van der Waals surface area contributed by atoms with Crippen molar-refractivity contribution in [3.05, 3.63) is 34.9 Å². The number of nitrogens with zero attached hydrogens (tertiary/aromatic N) is 1. The van der Waals surface area contributed by atoms with E-state index in [0.29, 0.717) is 23.7 Å². The van der Waals surface area contributed by atoms with Crippen molar-refractivity contribution in [3.8, 4) is 0 Å². The molecule has 0 N–H and O–H groups in total. The Morgan fingerprint density at radius 1 is 1.32 bits per heavy atom. The van der Waals surface area contributed by atoms with Gasteiger partial charge in [0.25, 0.3) is 0 Å². The second kappa shape index (κ2) is 6.67. The van der Waals surface area contributed by atoms with Gasteiger partial charge in [0.15, 0.2) is 5.78 Å².